The van der Waals surface area contributed by atoms with Crippen LogP contribution in [0.25, 0.3) is 0 Å². The average Bonchev–Trinajstić information content (AvgIpc) is 2.46. The first-order valence-corrected chi connectivity index (χ1v) is 6.86. The van der Waals surface area contributed by atoms with Crippen LogP contribution in [0.2, 0.25) is 0 Å². The molecule has 4 nitrogen and oxygen atoms in total. The van der Waals surface area contributed by atoms with Crippen LogP contribution in [0.15, 0.2) is 36.5 Å². The molecule has 4 heteroatoms. The number of fused-ring (bicyclic) bond motifs is 1. The van der Waals surface area contributed by atoms with Gasteiger partial charge >= 0.3 is 0 Å². The van der Waals surface area contributed by atoms with E-state index in [-0.39, 0.29) is 17.3 Å². The Morgan fingerprint density at radius 1 is 1.33 bits per heavy atom. The molecular formula is C17H16N2O2. The number of rotatable bonds is 1. The van der Waals surface area contributed by atoms with Crippen LogP contribution in [-0.4, -0.2) is 15.7 Å². The molecule has 0 saturated carbocycles. The lowest BCUT2D eigenvalue weighted by atomic mass is 9.81. The molecule has 1 aliphatic rings. The zero-order valence-corrected chi connectivity index (χ0v) is 12.0. The van der Waals surface area contributed by atoms with Crippen LogP contribution in [0.1, 0.15) is 43.0 Å². The summed E-state index contributed by atoms with van der Waals surface area (Å²) in [6.07, 6.45) is 2.22. The second-order valence-electron chi connectivity index (χ2n) is 5.92. The number of hydrogen-bond donors (Lipinski definition) is 1. The summed E-state index contributed by atoms with van der Waals surface area (Å²) in [6, 6.07) is 11.1. The molecule has 21 heavy (non-hydrogen) atoms. The van der Waals surface area contributed by atoms with Gasteiger partial charge in [0.05, 0.1) is 17.8 Å². The molecule has 1 aromatic carbocycles. The third kappa shape index (κ3) is 2.55. The van der Waals surface area contributed by atoms with Gasteiger partial charge in [-0.3, -0.25) is 4.98 Å². The van der Waals surface area contributed by atoms with Gasteiger partial charge in [-0.25, -0.2) is 0 Å². The first-order chi connectivity index (χ1) is 9.98. The van der Waals surface area contributed by atoms with Crippen molar-refractivity contribution in [2.24, 2.45) is 0 Å². The fraction of sp³-hybridized carbons (Fsp3) is 0.294. The minimum Gasteiger partial charge on any atom is -0.506 e. The summed E-state index contributed by atoms with van der Waals surface area (Å²) in [5, 5.41) is 18.5. The predicted molar refractivity (Wildman–Crippen MR) is 78.2 cm³/mol. The van der Waals surface area contributed by atoms with E-state index >= 15 is 0 Å². The maximum absolute atomic E-state index is 9.40. The van der Waals surface area contributed by atoms with Crippen molar-refractivity contribution in [1.29, 1.82) is 5.26 Å². The van der Waals surface area contributed by atoms with Crippen LogP contribution in [0.4, 0.5) is 0 Å². The smallest absolute Gasteiger partial charge is 0.133 e. The summed E-state index contributed by atoms with van der Waals surface area (Å²) in [6.45, 7) is 4.09. The lowest BCUT2D eigenvalue weighted by Gasteiger charge is -2.37. The molecule has 1 N–H and O–H groups in total. The molecule has 1 aromatic heterocycles. The van der Waals surface area contributed by atoms with Crippen molar-refractivity contribution in [2.45, 2.75) is 31.8 Å². The topological polar surface area (TPSA) is 66.1 Å². The lowest BCUT2D eigenvalue weighted by Crippen LogP contribution is -2.35. The van der Waals surface area contributed by atoms with Crippen LogP contribution in [-0.2, 0) is 0 Å². The van der Waals surface area contributed by atoms with E-state index in [2.05, 4.69) is 11.1 Å². The van der Waals surface area contributed by atoms with Gasteiger partial charge in [-0.2, -0.15) is 5.26 Å². The highest BCUT2D eigenvalue weighted by molar-refractivity contribution is 5.48. The van der Waals surface area contributed by atoms with Gasteiger partial charge in [0, 0.05) is 17.2 Å². The lowest BCUT2D eigenvalue weighted by molar-refractivity contribution is 0.0769. The van der Waals surface area contributed by atoms with E-state index in [1.54, 1.807) is 12.1 Å². The van der Waals surface area contributed by atoms with Gasteiger partial charge < -0.3 is 9.84 Å². The molecule has 106 valence electrons. The third-order valence-corrected chi connectivity index (χ3v) is 3.72. The van der Waals surface area contributed by atoms with Gasteiger partial charge in [-0.05, 0) is 50.6 Å². The molecule has 0 amide bonds. The number of nitriles is 1. The normalized spacial score (nSPS) is 19.2. The Balaban J connectivity index is 2.12. The maximum Gasteiger partial charge on any atom is 0.133 e. The molecule has 0 bridgehead atoms. The van der Waals surface area contributed by atoms with Crippen LogP contribution >= 0.6 is 0 Å². The molecular weight excluding hydrogens is 264 g/mol. The zero-order valence-electron chi connectivity index (χ0n) is 12.0. The van der Waals surface area contributed by atoms with Crippen LogP contribution in [0.3, 0.4) is 0 Å². The Labute approximate surface area is 123 Å². The number of hydrogen-bond acceptors (Lipinski definition) is 4. The molecule has 0 aliphatic carbocycles. The Kier molecular flexibility index (Phi) is 3.06. The van der Waals surface area contributed by atoms with Crippen molar-refractivity contribution >= 4 is 0 Å². The van der Waals surface area contributed by atoms with Gasteiger partial charge in [0.1, 0.15) is 17.1 Å². The largest absolute Gasteiger partial charge is 0.506 e. The average molecular weight is 280 g/mol. The van der Waals surface area contributed by atoms with Crippen molar-refractivity contribution in [3.8, 4) is 17.6 Å². The van der Waals surface area contributed by atoms with Gasteiger partial charge in [0.25, 0.3) is 0 Å². The van der Waals surface area contributed by atoms with Crippen molar-refractivity contribution in [1.82, 2.24) is 4.98 Å². The highest BCUT2D eigenvalue weighted by Gasteiger charge is 2.35. The number of aromatic nitrogens is 1. The van der Waals surface area contributed by atoms with E-state index in [9.17, 15) is 5.11 Å². The molecule has 1 aliphatic heterocycles. The van der Waals surface area contributed by atoms with E-state index < -0.39 is 0 Å². The molecule has 1 atom stereocenters. The second kappa shape index (κ2) is 4.78. The Morgan fingerprint density at radius 3 is 2.81 bits per heavy atom. The summed E-state index contributed by atoms with van der Waals surface area (Å²) in [4.78, 5) is 4.33. The third-order valence-electron chi connectivity index (χ3n) is 3.72. The van der Waals surface area contributed by atoms with Crippen molar-refractivity contribution in [2.75, 3.05) is 0 Å². The molecule has 0 saturated heterocycles. The van der Waals surface area contributed by atoms with Gasteiger partial charge in [0.15, 0.2) is 0 Å². The first-order valence-electron chi connectivity index (χ1n) is 6.86. The number of pyridine rings is 1. The molecule has 0 fully saturated rings. The SMILES string of the molecule is CC1(C)CC(c2ccc(O)cn2)c2cc(C#N)ccc2O1. The quantitative estimate of drug-likeness (QED) is 0.870. The molecule has 0 spiro atoms. The predicted octanol–water partition coefficient (Wildman–Crippen LogP) is 3.35. The summed E-state index contributed by atoms with van der Waals surface area (Å²) in [5.41, 5.74) is 2.17. The molecule has 1 unspecified atom stereocenters. The number of ether oxygens (including phenoxy) is 1. The summed E-state index contributed by atoms with van der Waals surface area (Å²) < 4.78 is 6.01. The van der Waals surface area contributed by atoms with Gasteiger partial charge in [-0.15, -0.1) is 0 Å². The number of nitrogens with zero attached hydrogens (tertiary/aromatic N) is 2. The van der Waals surface area contributed by atoms with E-state index in [0.29, 0.717) is 5.56 Å². The summed E-state index contributed by atoms with van der Waals surface area (Å²) >= 11 is 0. The number of aromatic hydroxyl groups is 1. The standard InChI is InChI=1S/C17H16N2O2/c1-17(2)8-14(15-5-4-12(20)10-19-15)13-7-11(9-18)3-6-16(13)21-17/h3-7,10,14,20H,8H2,1-2H3. The summed E-state index contributed by atoms with van der Waals surface area (Å²) in [5.74, 6) is 0.999. The van der Waals surface area contributed by atoms with E-state index in [1.807, 2.05) is 32.0 Å². The monoisotopic (exact) mass is 280 g/mol. The molecule has 3 rings (SSSR count). The van der Waals surface area contributed by atoms with Crippen molar-refractivity contribution < 1.29 is 9.84 Å². The fourth-order valence-corrected chi connectivity index (χ4v) is 2.79. The zero-order chi connectivity index (χ0) is 15.0. The van der Waals surface area contributed by atoms with Gasteiger partial charge in [-0.1, -0.05) is 0 Å². The maximum atomic E-state index is 9.40. The van der Waals surface area contributed by atoms with E-state index in [4.69, 9.17) is 10.00 Å². The summed E-state index contributed by atoms with van der Waals surface area (Å²) in [7, 11) is 0. The van der Waals surface area contributed by atoms with Crippen molar-refractivity contribution in [3.63, 3.8) is 0 Å². The molecule has 0 radical (unpaired) electrons. The second-order valence-corrected chi connectivity index (χ2v) is 5.92. The fourth-order valence-electron chi connectivity index (χ4n) is 2.79. The van der Waals surface area contributed by atoms with Crippen molar-refractivity contribution in [3.05, 3.63) is 53.3 Å². The van der Waals surface area contributed by atoms with Gasteiger partial charge in [0.2, 0.25) is 0 Å². The Bertz CT molecular complexity index is 715. The Morgan fingerprint density at radius 2 is 2.14 bits per heavy atom. The molecule has 2 heterocycles. The van der Waals surface area contributed by atoms with E-state index in [1.165, 1.54) is 6.20 Å². The van der Waals surface area contributed by atoms with Crippen LogP contribution in [0, 0.1) is 11.3 Å². The Hall–Kier alpha value is -2.54. The first kappa shape index (κ1) is 13.4. The highest BCUT2D eigenvalue weighted by Crippen LogP contribution is 2.44. The van der Waals surface area contributed by atoms with E-state index in [0.717, 1.165) is 23.4 Å². The number of benzene rings is 1. The van der Waals surface area contributed by atoms with Crippen LogP contribution < -0.4 is 4.74 Å². The highest BCUT2D eigenvalue weighted by atomic mass is 16.5. The molecule has 2 aromatic rings. The minimum atomic E-state index is -0.300. The van der Waals surface area contributed by atoms with Crippen LogP contribution in [0.5, 0.6) is 11.5 Å². The minimum absolute atomic E-state index is 0.0534.